The summed E-state index contributed by atoms with van der Waals surface area (Å²) < 4.78 is 4.86. The van der Waals surface area contributed by atoms with Crippen molar-refractivity contribution in [3.63, 3.8) is 0 Å². The number of aromatic nitrogens is 2. The number of nitrogens with zero attached hydrogens (tertiary/aromatic N) is 3. The van der Waals surface area contributed by atoms with Gasteiger partial charge >= 0.3 is 0 Å². The van der Waals surface area contributed by atoms with Gasteiger partial charge in [-0.25, -0.2) is 0 Å². The van der Waals surface area contributed by atoms with E-state index in [2.05, 4.69) is 39.8 Å². The normalized spacial score (nSPS) is 11.2. The minimum absolute atomic E-state index is 0.790. The summed E-state index contributed by atoms with van der Waals surface area (Å²) in [5.74, 6) is 0. The summed E-state index contributed by atoms with van der Waals surface area (Å²) in [7, 11) is 2.08. The molecule has 0 spiro atoms. The molecule has 0 atom stereocenters. The molecular weight excluding hydrogens is 300 g/mol. The Bertz CT molecular complexity index is 511. The van der Waals surface area contributed by atoms with Gasteiger partial charge in [0.1, 0.15) is 10.7 Å². The first kappa shape index (κ1) is 14.7. The van der Waals surface area contributed by atoms with Crippen molar-refractivity contribution in [2.75, 3.05) is 18.9 Å². The molecule has 0 aliphatic rings. The fraction of sp³-hybridized carbons (Fsp3) is 0.500. The van der Waals surface area contributed by atoms with Crippen LogP contribution < -0.4 is 5.32 Å². The fourth-order valence-corrected chi connectivity index (χ4v) is 3.47. The second-order valence-corrected chi connectivity index (χ2v) is 6.91. The van der Waals surface area contributed by atoms with E-state index in [1.807, 2.05) is 6.07 Å². The van der Waals surface area contributed by atoms with E-state index in [1.165, 1.54) is 16.4 Å². The van der Waals surface area contributed by atoms with Crippen molar-refractivity contribution < 1.29 is 0 Å². The molecule has 0 saturated heterocycles. The van der Waals surface area contributed by atoms with Gasteiger partial charge in [0.15, 0.2) is 0 Å². The quantitative estimate of drug-likeness (QED) is 0.845. The number of hydrogen-bond acceptors (Lipinski definition) is 6. The third-order valence-electron chi connectivity index (χ3n) is 2.57. The second-order valence-electron chi connectivity index (χ2n) is 4.35. The summed E-state index contributed by atoms with van der Waals surface area (Å²) in [5, 5.41) is 8.64. The van der Waals surface area contributed by atoms with Crippen LogP contribution in [-0.2, 0) is 13.1 Å². The zero-order valence-electron chi connectivity index (χ0n) is 11.0. The van der Waals surface area contributed by atoms with Crippen molar-refractivity contribution in [3.05, 3.63) is 27.0 Å². The number of nitrogens with one attached hydrogen (secondary N) is 1. The highest BCUT2D eigenvalue weighted by Gasteiger charge is 2.11. The number of hydrogen-bond donors (Lipinski definition) is 1. The molecular formula is C12H17ClN4S2. The SMILES string of the molecule is CCCNc1snnc1CN(C)Cc1ccc(Cl)s1. The molecule has 0 aromatic carbocycles. The molecule has 4 nitrogen and oxygen atoms in total. The molecule has 7 heteroatoms. The third kappa shape index (κ3) is 4.42. The van der Waals surface area contributed by atoms with Crippen molar-refractivity contribution in [2.24, 2.45) is 0 Å². The predicted molar refractivity (Wildman–Crippen MR) is 83.2 cm³/mol. The van der Waals surface area contributed by atoms with Crippen molar-refractivity contribution in [2.45, 2.75) is 26.4 Å². The first-order valence-electron chi connectivity index (χ1n) is 6.17. The van der Waals surface area contributed by atoms with E-state index < -0.39 is 0 Å². The lowest BCUT2D eigenvalue weighted by Crippen LogP contribution is -2.17. The molecule has 0 amide bonds. The Labute approximate surface area is 126 Å². The Kier molecular flexibility index (Phi) is 5.57. The summed E-state index contributed by atoms with van der Waals surface area (Å²) in [6, 6.07) is 4.01. The number of rotatable bonds is 7. The topological polar surface area (TPSA) is 41.1 Å². The lowest BCUT2D eigenvalue weighted by atomic mass is 10.3. The first-order valence-corrected chi connectivity index (χ1v) is 8.13. The molecule has 0 saturated carbocycles. The highest BCUT2D eigenvalue weighted by molar-refractivity contribution is 7.16. The molecule has 2 aromatic heterocycles. The van der Waals surface area contributed by atoms with E-state index in [9.17, 15) is 0 Å². The maximum atomic E-state index is 5.94. The molecule has 0 unspecified atom stereocenters. The van der Waals surface area contributed by atoms with Crippen LogP contribution in [0.15, 0.2) is 12.1 Å². The van der Waals surface area contributed by atoms with Gasteiger partial charge < -0.3 is 5.32 Å². The largest absolute Gasteiger partial charge is 0.374 e. The minimum Gasteiger partial charge on any atom is -0.374 e. The van der Waals surface area contributed by atoms with E-state index in [1.54, 1.807) is 11.3 Å². The number of anilines is 1. The van der Waals surface area contributed by atoms with E-state index in [0.29, 0.717) is 0 Å². The summed E-state index contributed by atoms with van der Waals surface area (Å²) in [4.78, 5) is 3.48. The molecule has 0 bridgehead atoms. The summed E-state index contributed by atoms with van der Waals surface area (Å²) in [6.45, 7) is 4.77. The van der Waals surface area contributed by atoms with Gasteiger partial charge in [-0.1, -0.05) is 23.0 Å². The smallest absolute Gasteiger partial charge is 0.134 e. The molecule has 104 valence electrons. The molecule has 19 heavy (non-hydrogen) atoms. The van der Waals surface area contributed by atoms with E-state index in [-0.39, 0.29) is 0 Å². The van der Waals surface area contributed by atoms with Gasteiger partial charge in [0.25, 0.3) is 0 Å². The minimum atomic E-state index is 0.790. The first-order chi connectivity index (χ1) is 9.19. The van der Waals surface area contributed by atoms with Gasteiger partial charge in [-0.05, 0) is 25.6 Å². The van der Waals surface area contributed by atoms with Gasteiger partial charge in [0.2, 0.25) is 0 Å². The standard InChI is InChI=1S/C12H17ClN4S2/c1-3-6-14-12-10(15-16-19-12)8-17(2)7-9-4-5-11(13)18-9/h4-5,14H,3,6-8H2,1-2H3. The van der Waals surface area contributed by atoms with Gasteiger partial charge in [-0.2, -0.15) is 0 Å². The van der Waals surface area contributed by atoms with Crippen molar-refractivity contribution >= 4 is 39.5 Å². The lowest BCUT2D eigenvalue weighted by Gasteiger charge is -2.14. The fourth-order valence-electron chi connectivity index (χ4n) is 1.70. The van der Waals surface area contributed by atoms with Crippen LogP contribution in [0.25, 0.3) is 0 Å². The zero-order valence-corrected chi connectivity index (χ0v) is 13.4. The average molecular weight is 317 g/mol. The highest BCUT2D eigenvalue weighted by atomic mass is 35.5. The monoisotopic (exact) mass is 316 g/mol. The van der Waals surface area contributed by atoms with Crippen LogP contribution >= 0.6 is 34.5 Å². The maximum absolute atomic E-state index is 5.94. The van der Waals surface area contributed by atoms with Crippen LogP contribution in [0.5, 0.6) is 0 Å². The van der Waals surface area contributed by atoms with Crippen LogP contribution in [0, 0.1) is 0 Å². The van der Waals surface area contributed by atoms with Crippen LogP contribution in [0.3, 0.4) is 0 Å². The van der Waals surface area contributed by atoms with Gasteiger partial charge in [0, 0.05) is 36.0 Å². The zero-order chi connectivity index (χ0) is 13.7. The summed E-state index contributed by atoms with van der Waals surface area (Å²) >= 11 is 8.98. The molecule has 2 rings (SSSR count). The van der Waals surface area contributed by atoms with E-state index in [4.69, 9.17) is 11.6 Å². The van der Waals surface area contributed by atoms with Crippen LogP contribution in [-0.4, -0.2) is 28.1 Å². The molecule has 1 N–H and O–H groups in total. The van der Waals surface area contributed by atoms with Gasteiger partial charge in [-0.15, -0.1) is 16.4 Å². The van der Waals surface area contributed by atoms with E-state index >= 15 is 0 Å². The van der Waals surface area contributed by atoms with Crippen LogP contribution in [0.1, 0.15) is 23.9 Å². The van der Waals surface area contributed by atoms with Crippen molar-refractivity contribution in [3.8, 4) is 0 Å². The van der Waals surface area contributed by atoms with Gasteiger partial charge in [-0.3, -0.25) is 4.90 Å². The lowest BCUT2D eigenvalue weighted by molar-refractivity contribution is 0.318. The Morgan fingerprint density at radius 1 is 1.37 bits per heavy atom. The summed E-state index contributed by atoms with van der Waals surface area (Å²) in [5.41, 5.74) is 1.02. The van der Waals surface area contributed by atoms with Crippen LogP contribution in [0.4, 0.5) is 5.00 Å². The Hall–Kier alpha value is -0.690. The molecule has 2 heterocycles. The summed E-state index contributed by atoms with van der Waals surface area (Å²) in [6.07, 6.45) is 1.10. The number of halogens is 1. The molecule has 0 radical (unpaired) electrons. The predicted octanol–water partition coefficient (Wildman–Crippen LogP) is 3.71. The molecule has 0 aliphatic heterocycles. The van der Waals surface area contributed by atoms with Gasteiger partial charge in [0.05, 0.1) is 4.34 Å². The van der Waals surface area contributed by atoms with Crippen LogP contribution in [0.2, 0.25) is 4.34 Å². The Morgan fingerprint density at radius 3 is 2.89 bits per heavy atom. The van der Waals surface area contributed by atoms with E-state index in [0.717, 1.165) is 41.1 Å². The molecule has 0 aliphatic carbocycles. The second kappa shape index (κ2) is 7.19. The Balaban J connectivity index is 1.91. The molecule has 2 aromatic rings. The van der Waals surface area contributed by atoms with Crippen molar-refractivity contribution in [1.29, 1.82) is 0 Å². The Morgan fingerprint density at radius 2 is 2.21 bits per heavy atom. The number of thiophene rings is 1. The van der Waals surface area contributed by atoms with Crippen molar-refractivity contribution in [1.82, 2.24) is 14.5 Å². The maximum Gasteiger partial charge on any atom is 0.134 e. The average Bonchev–Trinajstić information content (AvgIpc) is 2.96. The third-order valence-corrected chi connectivity index (χ3v) is 4.51. The highest BCUT2D eigenvalue weighted by Crippen LogP contribution is 2.24. The molecule has 0 fully saturated rings.